The number of halogens is 4. The fraction of sp³-hybridized carbons (Fsp3) is 0.364. The van der Waals surface area contributed by atoms with Crippen molar-refractivity contribution in [2.24, 2.45) is 0 Å². The SMILES string of the molecule is CNC1CCc2cc(/C=C/C(c3cc(C)c(Cl)c(C)c3)C(F)(F)F)ccc21. The van der Waals surface area contributed by atoms with Crippen molar-refractivity contribution in [2.75, 3.05) is 7.05 Å². The summed E-state index contributed by atoms with van der Waals surface area (Å²) in [5.41, 5.74) is 4.77. The molecule has 1 aliphatic rings. The van der Waals surface area contributed by atoms with Crippen molar-refractivity contribution in [3.8, 4) is 0 Å². The zero-order chi connectivity index (χ0) is 19.8. The van der Waals surface area contributed by atoms with E-state index in [9.17, 15) is 13.2 Å². The molecule has 2 aromatic rings. The van der Waals surface area contributed by atoms with Crippen LogP contribution >= 0.6 is 11.6 Å². The lowest BCUT2D eigenvalue weighted by molar-refractivity contribution is -0.139. The standard InChI is InChI=1S/C22H23ClF3N/c1-13-10-17(11-14(2)21(13)23)19(22(24,25)26)8-5-15-4-7-18-16(12-15)6-9-20(18)27-3/h4-5,7-8,10-12,19-20,27H,6,9H2,1-3H3/b8-5+. The average Bonchev–Trinajstić information content (AvgIpc) is 3.01. The molecule has 0 fully saturated rings. The Labute approximate surface area is 163 Å². The Kier molecular flexibility index (Phi) is 5.68. The lowest BCUT2D eigenvalue weighted by Gasteiger charge is -2.19. The molecule has 0 radical (unpaired) electrons. The van der Waals surface area contributed by atoms with Crippen LogP contribution in [0.3, 0.4) is 0 Å². The first kappa shape index (κ1) is 20.0. The molecule has 144 valence electrons. The van der Waals surface area contributed by atoms with Crippen LogP contribution in [0.5, 0.6) is 0 Å². The average molecular weight is 394 g/mol. The molecule has 0 saturated heterocycles. The van der Waals surface area contributed by atoms with E-state index < -0.39 is 12.1 Å². The van der Waals surface area contributed by atoms with Crippen LogP contribution in [0.25, 0.3) is 6.08 Å². The molecular weight excluding hydrogens is 371 g/mol. The molecule has 0 bridgehead atoms. The minimum Gasteiger partial charge on any atom is -0.313 e. The van der Waals surface area contributed by atoms with Crippen LogP contribution < -0.4 is 5.32 Å². The number of alkyl halides is 3. The van der Waals surface area contributed by atoms with E-state index in [0.29, 0.717) is 22.2 Å². The summed E-state index contributed by atoms with van der Waals surface area (Å²) in [5, 5.41) is 3.78. The summed E-state index contributed by atoms with van der Waals surface area (Å²) in [5.74, 6) is -1.66. The van der Waals surface area contributed by atoms with Crippen LogP contribution in [0, 0.1) is 13.8 Å². The maximum absolute atomic E-state index is 13.7. The largest absolute Gasteiger partial charge is 0.399 e. The molecule has 2 unspecified atom stereocenters. The van der Waals surface area contributed by atoms with Crippen molar-refractivity contribution in [3.63, 3.8) is 0 Å². The van der Waals surface area contributed by atoms with Gasteiger partial charge in [0, 0.05) is 11.1 Å². The van der Waals surface area contributed by atoms with Crippen LogP contribution in [0.4, 0.5) is 13.2 Å². The molecule has 1 aliphatic carbocycles. The molecule has 0 aromatic heterocycles. The van der Waals surface area contributed by atoms with Crippen molar-refractivity contribution in [2.45, 2.75) is 44.8 Å². The number of allylic oxidation sites excluding steroid dienone is 1. The molecule has 0 heterocycles. The highest BCUT2D eigenvalue weighted by atomic mass is 35.5. The van der Waals surface area contributed by atoms with Gasteiger partial charge in [-0.15, -0.1) is 0 Å². The highest BCUT2D eigenvalue weighted by Gasteiger charge is 2.39. The summed E-state index contributed by atoms with van der Waals surface area (Å²) >= 11 is 6.11. The molecule has 0 saturated carbocycles. The number of hydrogen-bond donors (Lipinski definition) is 1. The molecule has 2 atom stereocenters. The van der Waals surface area contributed by atoms with E-state index in [1.54, 1.807) is 19.9 Å². The molecule has 1 N–H and O–H groups in total. The summed E-state index contributed by atoms with van der Waals surface area (Å²) in [6, 6.07) is 9.28. The molecule has 0 aliphatic heterocycles. The summed E-state index contributed by atoms with van der Waals surface area (Å²) in [6.07, 6.45) is 0.421. The second-order valence-electron chi connectivity index (χ2n) is 7.19. The summed E-state index contributed by atoms with van der Waals surface area (Å²) in [4.78, 5) is 0. The van der Waals surface area contributed by atoms with Crippen LogP contribution in [-0.2, 0) is 6.42 Å². The Morgan fingerprint density at radius 2 is 1.81 bits per heavy atom. The van der Waals surface area contributed by atoms with Gasteiger partial charge >= 0.3 is 6.18 Å². The number of rotatable bonds is 4. The van der Waals surface area contributed by atoms with E-state index in [1.165, 1.54) is 29.3 Å². The van der Waals surface area contributed by atoms with Crippen LogP contribution in [0.15, 0.2) is 36.4 Å². The predicted molar refractivity (Wildman–Crippen MR) is 105 cm³/mol. The zero-order valence-electron chi connectivity index (χ0n) is 15.6. The fourth-order valence-corrected chi connectivity index (χ4v) is 3.93. The Bertz CT molecular complexity index is 847. The molecule has 1 nitrogen and oxygen atoms in total. The number of nitrogens with one attached hydrogen (secondary N) is 1. The third-order valence-electron chi connectivity index (χ3n) is 5.24. The first-order valence-corrected chi connectivity index (χ1v) is 9.40. The molecule has 5 heteroatoms. The third-order valence-corrected chi connectivity index (χ3v) is 5.84. The molecule has 0 spiro atoms. The van der Waals surface area contributed by atoms with E-state index in [2.05, 4.69) is 5.32 Å². The monoisotopic (exact) mass is 393 g/mol. The maximum Gasteiger partial charge on any atom is 0.399 e. The van der Waals surface area contributed by atoms with Crippen molar-refractivity contribution in [1.82, 2.24) is 5.32 Å². The number of aryl methyl sites for hydroxylation is 3. The van der Waals surface area contributed by atoms with Gasteiger partial charge in [-0.05, 0) is 67.1 Å². The van der Waals surface area contributed by atoms with Gasteiger partial charge in [0.05, 0.1) is 5.92 Å². The van der Waals surface area contributed by atoms with Crippen molar-refractivity contribution >= 4 is 17.7 Å². The van der Waals surface area contributed by atoms with Crippen molar-refractivity contribution in [1.29, 1.82) is 0 Å². The number of benzene rings is 2. The molecule has 27 heavy (non-hydrogen) atoms. The first-order valence-electron chi connectivity index (χ1n) is 9.02. The zero-order valence-corrected chi connectivity index (χ0v) is 16.4. The van der Waals surface area contributed by atoms with Gasteiger partial charge in [-0.2, -0.15) is 13.2 Å². The van der Waals surface area contributed by atoms with E-state index in [1.807, 2.05) is 25.2 Å². The van der Waals surface area contributed by atoms with Crippen LogP contribution in [-0.4, -0.2) is 13.2 Å². The maximum atomic E-state index is 13.7. The second-order valence-corrected chi connectivity index (χ2v) is 7.56. The third kappa shape index (κ3) is 4.22. The minimum absolute atomic E-state index is 0.217. The van der Waals surface area contributed by atoms with Crippen LogP contribution in [0.2, 0.25) is 5.02 Å². The number of hydrogen-bond acceptors (Lipinski definition) is 1. The molecular formula is C22H23ClF3N. The van der Waals surface area contributed by atoms with Crippen molar-refractivity contribution in [3.05, 3.63) is 74.8 Å². The van der Waals surface area contributed by atoms with E-state index >= 15 is 0 Å². The summed E-state index contributed by atoms with van der Waals surface area (Å²) < 4.78 is 41.1. The van der Waals surface area contributed by atoms with Gasteiger partial charge < -0.3 is 5.32 Å². The Hall–Kier alpha value is -1.78. The van der Waals surface area contributed by atoms with Crippen LogP contribution in [0.1, 0.15) is 51.8 Å². The highest BCUT2D eigenvalue weighted by Crippen LogP contribution is 2.39. The Morgan fingerprint density at radius 1 is 1.15 bits per heavy atom. The summed E-state index contributed by atoms with van der Waals surface area (Å²) in [7, 11) is 1.93. The Morgan fingerprint density at radius 3 is 2.41 bits per heavy atom. The van der Waals surface area contributed by atoms with E-state index in [0.717, 1.165) is 18.4 Å². The molecule has 3 rings (SSSR count). The lowest BCUT2D eigenvalue weighted by Crippen LogP contribution is -2.19. The quantitative estimate of drug-likeness (QED) is 0.623. The highest BCUT2D eigenvalue weighted by molar-refractivity contribution is 6.32. The fourth-order valence-electron chi connectivity index (χ4n) is 3.82. The topological polar surface area (TPSA) is 12.0 Å². The predicted octanol–water partition coefficient (Wildman–Crippen LogP) is 6.52. The second kappa shape index (κ2) is 7.69. The van der Waals surface area contributed by atoms with Gasteiger partial charge in [-0.3, -0.25) is 0 Å². The van der Waals surface area contributed by atoms with Gasteiger partial charge in [-0.1, -0.05) is 54.1 Å². The molecule has 0 amide bonds. The van der Waals surface area contributed by atoms with Gasteiger partial charge in [0.1, 0.15) is 0 Å². The molecule has 2 aromatic carbocycles. The normalized spacial score (nSPS) is 18.1. The van der Waals surface area contributed by atoms with E-state index in [-0.39, 0.29) is 5.56 Å². The van der Waals surface area contributed by atoms with Gasteiger partial charge in [-0.25, -0.2) is 0 Å². The van der Waals surface area contributed by atoms with Gasteiger partial charge in [0.15, 0.2) is 0 Å². The minimum atomic E-state index is -4.36. The van der Waals surface area contributed by atoms with Gasteiger partial charge in [0.25, 0.3) is 0 Å². The first-order chi connectivity index (χ1) is 12.7. The number of fused-ring (bicyclic) bond motifs is 1. The lowest BCUT2D eigenvalue weighted by atomic mass is 9.93. The van der Waals surface area contributed by atoms with Gasteiger partial charge in [0.2, 0.25) is 0 Å². The smallest absolute Gasteiger partial charge is 0.313 e. The summed E-state index contributed by atoms with van der Waals surface area (Å²) in [6.45, 7) is 3.46. The van der Waals surface area contributed by atoms with E-state index in [4.69, 9.17) is 11.6 Å². The Balaban J connectivity index is 1.92. The van der Waals surface area contributed by atoms with Crippen molar-refractivity contribution < 1.29 is 13.2 Å².